The van der Waals surface area contributed by atoms with Gasteiger partial charge in [0, 0.05) is 26.7 Å². The fraction of sp³-hybridized carbons (Fsp3) is 0.714. The minimum Gasteiger partial charge on any atom is -0.396 e. The topological polar surface area (TPSA) is 70.4 Å². The van der Waals surface area contributed by atoms with Gasteiger partial charge >= 0.3 is 0 Å². The molecule has 0 saturated carbocycles. The van der Waals surface area contributed by atoms with E-state index in [2.05, 4.69) is 15.2 Å². The Labute approximate surface area is 119 Å². The molecule has 112 valence electrons. The van der Waals surface area contributed by atoms with Gasteiger partial charge < -0.3 is 19.9 Å². The van der Waals surface area contributed by atoms with Crippen LogP contribution in [0.3, 0.4) is 0 Å². The maximum absolute atomic E-state index is 12.1. The highest BCUT2D eigenvalue weighted by molar-refractivity contribution is 5.93. The van der Waals surface area contributed by atoms with Gasteiger partial charge in [-0.05, 0) is 38.8 Å². The first-order valence-electron chi connectivity index (χ1n) is 7.21. The third-order valence-corrected chi connectivity index (χ3v) is 4.01. The number of rotatable bonds is 5. The lowest BCUT2D eigenvalue weighted by Crippen LogP contribution is -2.40. The molecule has 2 N–H and O–H groups in total. The van der Waals surface area contributed by atoms with Crippen LogP contribution >= 0.6 is 0 Å². The van der Waals surface area contributed by atoms with Gasteiger partial charge in [-0.15, -0.1) is 0 Å². The Bertz CT molecular complexity index is 431. The van der Waals surface area contributed by atoms with Crippen LogP contribution in [0.25, 0.3) is 0 Å². The zero-order valence-corrected chi connectivity index (χ0v) is 12.3. The van der Waals surface area contributed by atoms with Crippen molar-refractivity contribution in [3.05, 3.63) is 17.7 Å². The van der Waals surface area contributed by atoms with Crippen LogP contribution in [0.4, 0.5) is 0 Å². The van der Waals surface area contributed by atoms with E-state index in [1.807, 2.05) is 14.0 Å². The third-order valence-electron chi connectivity index (χ3n) is 4.01. The second kappa shape index (κ2) is 6.85. The van der Waals surface area contributed by atoms with Gasteiger partial charge in [0.2, 0.25) is 0 Å². The second-order valence-corrected chi connectivity index (χ2v) is 5.51. The van der Waals surface area contributed by atoms with Gasteiger partial charge in [0.05, 0.1) is 12.0 Å². The number of carbonyl (C=O) groups is 1. The molecule has 1 saturated heterocycles. The summed E-state index contributed by atoms with van der Waals surface area (Å²) in [6.07, 6.45) is 3.75. The van der Waals surface area contributed by atoms with Crippen molar-refractivity contribution in [2.75, 3.05) is 32.8 Å². The molecule has 6 nitrogen and oxygen atoms in total. The number of aliphatic hydroxyl groups is 1. The van der Waals surface area contributed by atoms with Crippen LogP contribution in [0.15, 0.2) is 6.33 Å². The minimum atomic E-state index is -0.0623. The molecule has 0 atom stereocenters. The number of aliphatic hydroxyl groups excluding tert-OH is 1. The number of carbonyl (C=O) groups excluding carboxylic acids is 1. The summed E-state index contributed by atoms with van der Waals surface area (Å²) in [6, 6.07) is 0. The molecule has 0 spiro atoms. The van der Waals surface area contributed by atoms with Gasteiger partial charge in [0.1, 0.15) is 5.69 Å². The molecule has 20 heavy (non-hydrogen) atoms. The monoisotopic (exact) mass is 280 g/mol. The summed E-state index contributed by atoms with van der Waals surface area (Å²) in [6.45, 7) is 5.66. The smallest absolute Gasteiger partial charge is 0.269 e. The van der Waals surface area contributed by atoms with E-state index >= 15 is 0 Å². The molecule has 0 aromatic carbocycles. The van der Waals surface area contributed by atoms with E-state index in [1.165, 1.54) is 0 Å². The number of nitrogens with zero attached hydrogens (tertiary/aromatic N) is 3. The Hall–Kier alpha value is -1.40. The molecule has 0 radical (unpaired) electrons. The van der Waals surface area contributed by atoms with Gasteiger partial charge in [0.15, 0.2) is 0 Å². The number of likely N-dealkylation sites (tertiary alicyclic amines) is 1. The van der Waals surface area contributed by atoms with E-state index < -0.39 is 0 Å². The lowest BCUT2D eigenvalue weighted by molar-refractivity contribution is 0.0930. The number of nitrogens with one attached hydrogen (secondary N) is 1. The molecule has 1 fully saturated rings. The highest BCUT2D eigenvalue weighted by atomic mass is 16.3. The minimum absolute atomic E-state index is 0.0623. The number of amides is 1. The summed E-state index contributed by atoms with van der Waals surface area (Å²) in [4.78, 5) is 18.5. The summed E-state index contributed by atoms with van der Waals surface area (Å²) >= 11 is 0. The largest absolute Gasteiger partial charge is 0.396 e. The fourth-order valence-corrected chi connectivity index (χ4v) is 2.68. The number of hydrogen-bond donors (Lipinski definition) is 2. The van der Waals surface area contributed by atoms with E-state index in [0.29, 0.717) is 24.8 Å². The first-order valence-corrected chi connectivity index (χ1v) is 7.21. The number of imidazole rings is 1. The molecule has 1 amide bonds. The third kappa shape index (κ3) is 3.58. The van der Waals surface area contributed by atoms with Gasteiger partial charge in [-0.3, -0.25) is 4.79 Å². The molecule has 0 unspecified atom stereocenters. The van der Waals surface area contributed by atoms with E-state index in [4.69, 9.17) is 5.11 Å². The number of aryl methyl sites for hydroxylation is 2. The lowest BCUT2D eigenvalue weighted by Gasteiger charge is -2.30. The summed E-state index contributed by atoms with van der Waals surface area (Å²) in [5, 5.41) is 12.0. The van der Waals surface area contributed by atoms with Crippen molar-refractivity contribution in [2.45, 2.75) is 19.8 Å². The SMILES string of the molecule is Cc1ncn(C)c1C(=O)NCCN1CCC(CO)CC1. The molecule has 6 heteroatoms. The maximum Gasteiger partial charge on any atom is 0.269 e. The number of aromatic nitrogens is 2. The van der Waals surface area contributed by atoms with E-state index in [1.54, 1.807) is 10.9 Å². The summed E-state index contributed by atoms with van der Waals surface area (Å²) < 4.78 is 1.75. The normalized spacial score (nSPS) is 17.4. The predicted octanol–water partition coefficient (Wildman–Crippen LogP) is 0.163. The summed E-state index contributed by atoms with van der Waals surface area (Å²) in [5.74, 6) is 0.394. The zero-order valence-electron chi connectivity index (χ0n) is 12.3. The maximum atomic E-state index is 12.1. The van der Waals surface area contributed by atoms with E-state index in [9.17, 15) is 4.79 Å². The van der Waals surface area contributed by atoms with Crippen LogP contribution in [-0.2, 0) is 7.05 Å². The van der Waals surface area contributed by atoms with Crippen LogP contribution < -0.4 is 5.32 Å². The Kier molecular flexibility index (Phi) is 5.14. The molecular formula is C14H24N4O2. The summed E-state index contributed by atoms with van der Waals surface area (Å²) in [7, 11) is 1.83. The van der Waals surface area contributed by atoms with Crippen LogP contribution in [-0.4, -0.2) is 58.3 Å². The van der Waals surface area contributed by atoms with Crippen LogP contribution in [0.2, 0.25) is 0 Å². The Balaban J connectivity index is 1.73. The van der Waals surface area contributed by atoms with Crippen molar-refractivity contribution >= 4 is 5.91 Å². The van der Waals surface area contributed by atoms with Crippen molar-refractivity contribution in [3.8, 4) is 0 Å². The van der Waals surface area contributed by atoms with Crippen LogP contribution in [0.1, 0.15) is 29.0 Å². The molecule has 2 heterocycles. The number of piperidine rings is 1. The van der Waals surface area contributed by atoms with Crippen molar-refractivity contribution in [1.82, 2.24) is 19.8 Å². The Morgan fingerprint density at radius 3 is 2.75 bits per heavy atom. The van der Waals surface area contributed by atoms with Gasteiger partial charge in [-0.25, -0.2) is 4.98 Å². The molecule has 1 aromatic heterocycles. The molecule has 1 aromatic rings. The summed E-state index contributed by atoms with van der Waals surface area (Å²) in [5.41, 5.74) is 1.39. The second-order valence-electron chi connectivity index (χ2n) is 5.51. The van der Waals surface area contributed by atoms with Crippen molar-refractivity contribution in [3.63, 3.8) is 0 Å². The highest BCUT2D eigenvalue weighted by Crippen LogP contribution is 2.15. The number of hydrogen-bond acceptors (Lipinski definition) is 4. The molecule has 0 aliphatic carbocycles. The first-order chi connectivity index (χ1) is 9.61. The molecule has 0 bridgehead atoms. The van der Waals surface area contributed by atoms with Crippen LogP contribution in [0.5, 0.6) is 0 Å². The molecule has 2 rings (SSSR count). The average molecular weight is 280 g/mol. The van der Waals surface area contributed by atoms with Gasteiger partial charge in [0.25, 0.3) is 5.91 Å². The quantitative estimate of drug-likeness (QED) is 0.806. The predicted molar refractivity (Wildman–Crippen MR) is 76.5 cm³/mol. The standard InChI is InChI=1S/C14H24N4O2/c1-11-13(17(2)10-16-11)14(20)15-5-8-18-6-3-12(9-19)4-7-18/h10,12,19H,3-9H2,1-2H3,(H,15,20). The van der Waals surface area contributed by atoms with Crippen molar-refractivity contribution < 1.29 is 9.90 Å². The first kappa shape index (κ1) is 15.0. The Morgan fingerprint density at radius 1 is 1.50 bits per heavy atom. The van der Waals surface area contributed by atoms with Gasteiger partial charge in [-0.2, -0.15) is 0 Å². The van der Waals surface area contributed by atoms with Crippen molar-refractivity contribution in [2.24, 2.45) is 13.0 Å². The molecule has 1 aliphatic rings. The van der Waals surface area contributed by atoms with Gasteiger partial charge in [-0.1, -0.05) is 0 Å². The van der Waals surface area contributed by atoms with E-state index in [-0.39, 0.29) is 5.91 Å². The Morgan fingerprint density at radius 2 is 2.20 bits per heavy atom. The highest BCUT2D eigenvalue weighted by Gasteiger charge is 2.18. The molecule has 1 aliphatic heterocycles. The average Bonchev–Trinajstić information content (AvgIpc) is 2.79. The fourth-order valence-electron chi connectivity index (χ4n) is 2.68. The van der Waals surface area contributed by atoms with E-state index in [0.717, 1.165) is 38.2 Å². The van der Waals surface area contributed by atoms with Crippen molar-refractivity contribution in [1.29, 1.82) is 0 Å². The molecular weight excluding hydrogens is 256 g/mol. The lowest BCUT2D eigenvalue weighted by atomic mass is 9.98. The van der Waals surface area contributed by atoms with Crippen LogP contribution in [0, 0.1) is 12.8 Å². The zero-order chi connectivity index (χ0) is 14.5.